The lowest BCUT2D eigenvalue weighted by Gasteiger charge is -2.25. The summed E-state index contributed by atoms with van der Waals surface area (Å²) in [7, 11) is 0. The number of hydrogen-bond donors (Lipinski definition) is 1. The average molecular weight is 248 g/mol. The summed E-state index contributed by atoms with van der Waals surface area (Å²) in [4.78, 5) is 0. The van der Waals surface area contributed by atoms with Crippen molar-refractivity contribution in [1.29, 1.82) is 0 Å². The highest BCUT2D eigenvalue weighted by Crippen LogP contribution is 2.60. The highest BCUT2D eigenvalue weighted by Gasteiger charge is 2.57. The van der Waals surface area contributed by atoms with Crippen LogP contribution in [0, 0.1) is 17.7 Å². The Morgan fingerprint density at radius 3 is 2.39 bits per heavy atom. The van der Waals surface area contributed by atoms with Crippen LogP contribution in [-0.2, 0) is 5.41 Å². The Morgan fingerprint density at radius 2 is 1.78 bits per heavy atom. The Balaban J connectivity index is 1.78. The van der Waals surface area contributed by atoms with Crippen LogP contribution in [0.2, 0.25) is 0 Å². The van der Waals surface area contributed by atoms with Gasteiger partial charge in [-0.2, -0.15) is 0 Å². The maximum absolute atomic E-state index is 13.0. The van der Waals surface area contributed by atoms with E-state index in [1.165, 1.54) is 44.2 Å². The van der Waals surface area contributed by atoms with Crippen LogP contribution in [0.4, 0.5) is 4.39 Å². The highest BCUT2D eigenvalue weighted by molar-refractivity contribution is 5.34. The van der Waals surface area contributed by atoms with E-state index in [1.54, 1.807) is 0 Å². The predicted molar refractivity (Wildman–Crippen MR) is 69.8 cm³/mol. The third-order valence-electron chi connectivity index (χ3n) is 5.05. The van der Waals surface area contributed by atoms with Gasteiger partial charge in [-0.1, -0.05) is 44.2 Å². The summed E-state index contributed by atoms with van der Waals surface area (Å²) in [5.41, 5.74) is 1.07. The van der Waals surface area contributed by atoms with Gasteiger partial charge in [0.2, 0.25) is 0 Å². The molecule has 0 amide bonds. The molecule has 1 nitrogen and oxygen atoms in total. The SMILES string of the molecule is OCC1(c2ccc(F)cc2)CC1C1CCCCC1. The van der Waals surface area contributed by atoms with Crippen LogP contribution in [0.3, 0.4) is 0 Å². The van der Waals surface area contributed by atoms with Gasteiger partial charge in [0.15, 0.2) is 0 Å². The van der Waals surface area contributed by atoms with Gasteiger partial charge in [-0.25, -0.2) is 4.39 Å². The van der Waals surface area contributed by atoms with Crippen LogP contribution in [0.1, 0.15) is 44.1 Å². The third-order valence-corrected chi connectivity index (χ3v) is 5.05. The van der Waals surface area contributed by atoms with Gasteiger partial charge in [-0.3, -0.25) is 0 Å². The zero-order valence-corrected chi connectivity index (χ0v) is 10.7. The molecule has 0 heterocycles. The molecule has 0 aliphatic heterocycles. The summed E-state index contributed by atoms with van der Waals surface area (Å²) in [5, 5.41) is 9.79. The Morgan fingerprint density at radius 1 is 1.11 bits per heavy atom. The van der Waals surface area contributed by atoms with Crippen LogP contribution in [0.5, 0.6) is 0 Å². The first-order valence-electron chi connectivity index (χ1n) is 7.13. The molecule has 1 N–H and O–H groups in total. The average Bonchev–Trinajstić information content (AvgIpc) is 3.17. The zero-order valence-electron chi connectivity index (χ0n) is 10.7. The van der Waals surface area contributed by atoms with Crippen LogP contribution >= 0.6 is 0 Å². The summed E-state index contributed by atoms with van der Waals surface area (Å²) < 4.78 is 13.0. The first kappa shape index (κ1) is 12.2. The van der Waals surface area contributed by atoms with Crippen molar-refractivity contribution in [2.75, 3.05) is 6.61 Å². The van der Waals surface area contributed by atoms with Crippen LogP contribution in [0.25, 0.3) is 0 Å². The van der Waals surface area contributed by atoms with Gasteiger partial charge in [-0.15, -0.1) is 0 Å². The third kappa shape index (κ3) is 1.97. The summed E-state index contributed by atoms with van der Waals surface area (Å²) in [5.74, 6) is 1.20. The van der Waals surface area contributed by atoms with Gasteiger partial charge < -0.3 is 5.11 Å². The molecule has 98 valence electrons. The second-order valence-electron chi connectivity index (χ2n) is 6.03. The van der Waals surface area contributed by atoms with Crippen molar-refractivity contribution in [2.45, 2.75) is 43.9 Å². The fourth-order valence-electron chi connectivity index (χ4n) is 3.87. The van der Waals surface area contributed by atoms with Gasteiger partial charge in [0.1, 0.15) is 5.82 Å². The fraction of sp³-hybridized carbons (Fsp3) is 0.625. The highest BCUT2D eigenvalue weighted by atomic mass is 19.1. The molecule has 2 aliphatic rings. The Kier molecular flexibility index (Phi) is 3.14. The summed E-state index contributed by atoms with van der Waals surface area (Å²) >= 11 is 0. The Bertz CT molecular complexity index is 408. The van der Waals surface area contributed by atoms with Crippen molar-refractivity contribution >= 4 is 0 Å². The molecule has 2 heteroatoms. The molecule has 18 heavy (non-hydrogen) atoms. The Hall–Kier alpha value is -0.890. The fourth-order valence-corrected chi connectivity index (χ4v) is 3.87. The van der Waals surface area contributed by atoms with E-state index < -0.39 is 0 Å². The molecule has 0 spiro atoms. The van der Waals surface area contributed by atoms with E-state index in [9.17, 15) is 9.50 Å². The molecular formula is C16H21FO. The van der Waals surface area contributed by atoms with Crippen molar-refractivity contribution in [2.24, 2.45) is 11.8 Å². The summed E-state index contributed by atoms with van der Waals surface area (Å²) in [6.45, 7) is 0.208. The minimum Gasteiger partial charge on any atom is -0.395 e. The molecule has 2 saturated carbocycles. The molecule has 1 aromatic carbocycles. The Labute approximate surface area is 108 Å². The molecule has 0 aromatic heterocycles. The molecule has 0 radical (unpaired) electrons. The quantitative estimate of drug-likeness (QED) is 0.865. The maximum Gasteiger partial charge on any atom is 0.123 e. The lowest BCUT2D eigenvalue weighted by molar-refractivity contribution is 0.218. The molecule has 0 bridgehead atoms. The predicted octanol–water partition coefficient (Wildman–Crippen LogP) is 3.66. The zero-order chi connectivity index (χ0) is 12.6. The molecule has 2 fully saturated rings. The van der Waals surface area contributed by atoms with E-state index in [-0.39, 0.29) is 17.8 Å². The minimum atomic E-state index is -0.193. The van der Waals surface area contributed by atoms with Crippen molar-refractivity contribution < 1.29 is 9.50 Å². The van der Waals surface area contributed by atoms with Gasteiger partial charge >= 0.3 is 0 Å². The summed E-state index contributed by atoms with van der Waals surface area (Å²) in [6.07, 6.45) is 7.76. The van der Waals surface area contributed by atoms with Crippen molar-refractivity contribution in [3.63, 3.8) is 0 Å². The molecule has 3 rings (SSSR count). The lowest BCUT2D eigenvalue weighted by Crippen LogP contribution is -2.21. The van der Waals surface area contributed by atoms with Crippen LogP contribution in [0.15, 0.2) is 24.3 Å². The topological polar surface area (TPSA) is 20.2 Å². The van der Waals surface area contributed by atoms with Gasteiger partial charge in [-0.05, 0) is 36.0 Å². The second kappa shape index (κ2) is 4.65. The maximum atomic E-state index is 13.0. The smallest absolute Gasteiger partial charge is 0.123 e. The van der Waals surface area contributed by atoms with E-state index >= 15 is 0 Å². The molecule has 0 saturated heterocycles. The van der Waals surface area contributed by atoms with E-state index in [2.05, 4.69) is 0 Å². The number of hydrogen-bond acceptors (Lipinski definition) is 1. The molecule has 2 aliphatic carbocycles. The van der Waals surface area contributed by atoms with E-state index in [0.717, 1.165) is 17.9 Å². The van der Waals surface area contributed by atoms with Gasteiger partial charge in [0, 0.05) is 5.41 Å². The molecule has 2 atom stereocenters. The number of aliphatic hydroxyl groups is 1. The van der Waals surface area contributed by atoms with Gasteiger partial charge in [0.25, 0.3) is 0 Å². The van der Waals surface area contributed by atoms with Crippen LogP contribution in [-0.4, -0.2) is 11.7 Å². The van der Waals surface area contributed by atoms with E-state index in [4.69, 9.17) is 0 Å². The second-order valence-corrected chi connectivity index (χ2v) is 6.03. The van der Waals surface area contributed by atoms with E-state index in [0.29, 0.717) is 5.92 Å². The number of benzene rings is 1. The molecule has 2 unspecified atom stereocenters. The van der Waals surface area contributed by atoms with Crippen LogP contribution < -0.4 is 0 Å². The monoisotopic (exact) mass is 248 g/mol. The normalized spacial score (nSPS) is 32.4. The van der Waals surface area contributed by atoms with Crippen molar-refractivity contribution in [3.05, 3.63) is 35.6 Å². The number of rotatable bonds is 3. The summed E-state index contributed by atoms with van der Waals surface area (Å²) in [6, 6.07) is 6.74. The lowest BCUT2D eigenvalue weighted by atomic mass is 9.81. The largest absolute Gasteiger partial charge is 0.395 e. The first-order chi connectivity index (χ1) is 8.76. The number of aliphatic hydroxyl groups excluding tert-OH is 1. The van der Waals surface area contributed by atoms with Crippen molar-refractivity contribution in [3.8, 4) is 0 Å². The van der Waals surface area contributed by atoms with Gasteiger partial charge in [0.05, 0.1) is 6.61 Å². The molecule has 1 aromatic rings. The molecular weight excluding hydrogens is 227 g/mol. The standard InChI is InChI=1S/C16H21FO/c17-14-8-6-13(7-9-14)16(11-18)10-15(16)12-4-2-1-3-5-12/h6-9,12,15,18H,1-5,10-11H2. The minimum absolute atomic E-state index is 0.0598. The first-order valence-corrected chi connectivity index (χ1v) is 7.13. The van der Waals surface area contributed by atoms with Crippen molar-refractivity contribution in [1.82, 2.24) is 0 Å². The number of halogens is 1. The van der Waals surface area contributed by atoms with E-state index in [1.807, 2.05) is 12.1 Å².